The van der Waals surface area contributed by atoms with Crippen molar-refractivity contribution < 1.29 is 9.18 Å². The van der Waals surface area contributed by atoms with E-state index in [1.807, 2.05) is 0 Å². The van der Waals surface area contributed by atoms with Gasteiger partial charge in [0.15, 0.2) is 5.78 Å². The molecule has 0 aliphatic heterocycles. The molecule has 0 aliphatic carbocycles. The highest BCUT2D eigenvalue weighted by molar-refractivity contribution is 9.10. The van der Waals surface area contributed by atoms with Crippen molar-refractivity contribution in [1.82, 2.24) is 0 Å². The Balaban J connectivity index is 2.66. The highest BCUT2D eigenvalue weighted by atomic mass is 79.9. The number of halogens is 6. The third-order valence-corrected chi connectivity index (χ3v) is 4.71. The van der Waals surface area contributed by atoms with Crippen LogP contribution in [0.3, 0.4) is 0 Å². The quantitative estimate of drug-likeness (QED) is 0.313. The summed E-state index contributed by atoms with van der Waals surface area (Å²) in [7, 11) is 0. The zero-order valence-electron chi connectivity index (χ0n) is 9.49. The Bertz CT molecular complexity index is 718. The molecule has 104 valence electrons. The molecule has 0 saturated heterocycles. The molecule has 2 aromatic rings. The first kappa shape index (κ1) is 16.1. The van der Waals surface area contributed by atoms with Crippen molar-refractivity contribution in [3.05, 3.63) is 65.8 Å². The van der Waals surface area contributed by atoms with Gasteiger partial charge in [-0.05, 0) is 34.1 Å². The van der Waals surface area contributed by atoms with E-state index in [9.17, 15) is 9.18 Å². The number of benzene rings is 2. The predicted octanol–water partition coefficient (Wildman–Crippen LogP) is 6.43. The fraction of sp³-hybridized carbons (Fsp3) is 0. The van der Waals surface area contributed by atoms with Gasteiger partial charge in [0, 0.05) is 0 Å². The minimum Gasteiger partial charge on any atom is -0.288 e. The van der Waals surface area contributed by atoms with Crippen LogP contribution in [0, 0.1) is 5.82 Å². The molecule has 0 bridgehead atoms. The van der Waals surface area contributed by atoms with Crippen LogP contribution in [0.5, 0.6) is 0 Å². The fourth-order valence-corrected chi connectivity index (χ4v) is 3.04. The van der Waals surface area contributed by atoms with E-state index in [2.05, 4.69) is 15.9 Å². The third-order valence-electron chi connectivity index (χ3n) is 2.54. The van der Waals surface area contributed by atoms with E-state index in [0.717, 1.165) is 0 Å². The highest BCUT2D eigenvalue weighted by Gasteiger charge is 2.23. The Hall–Kier alpha value is -0.320. The first-order valence-electron chi connectivity index (χ1n) is 5.16. The summed E-state index contributed by atoms with van der Waals surface area (Å²) < 4.78 is 14.1. The maximum absolute atomic E-state index is 14.0. The highest BCUT2D eigenvalue weighted by Crippen LogP contribution is 2.38. The summed E-state index contributed by atoms with van der Waals surface area (Å²) >= 11 is 26.6. The molecule has 0 aromatic heterocycles. The van der Waals surface area contributed by atoms with Crippen molar-refractivity contribution in [2.45, 2.75) is 0 Å². The molecule has 0 aliphatic rings. The van der Waals surface area contributed by atoms with E-state index in [-0.39, 0.29) is 35.7 Å². The van der Waals surface area contributed by atoms with Gasteiger partial charge in [0.25, 0.3) is 0 Å². The first-order chi connectivity index (χ1) is 9.34. The third kappa shape index (κ3) is 2.83. The van der Waals surface area contributed by atoms with Crippen LogP contribution in [-0.2, 0) is 0 Å². The largest absolute Gasteiger partial charge is 0.288 e. The molecule has 0 N–H and O–H groups in total. The lowest BCUT2D eigenvalue weighted by molar-refractivity contribution is 0.103. The second kappa shape index (κ2) is 6.20. The Morgan fingerprint density at radius 1 is 1.05 bits per heavy atom. The van der Waals surface area contributed by atoms with E-state index >= 15 is 0 Å². The number of ketones is 1. The molecular formula is C13H4BrCl4FO. The van der Waals surface area contributed by atoms with Gasteiger partial charge in [-0.25, -0.2) is 4.39 Å². The summed E-state index contributed by atoms with van der Waals surface area (Å²) in [6.07, 6.45) is 0. The smallest absolute Gasteiger partial charge is 0.199 e. The molecule has 0 amide bonds. The van der Waals surface area contributed by atoms with Gasteiger partial charge < -0.3 is 0 Å². The van der Waals surface area contributed by atoms with Crippen molar-refractivity contribution in [2.24, 2.45) is 0 Å². The van der Waals surface area contributed by atoms with Gasteiger partial charge in [0.1, 0.15) is 5.82 Å². The van der Waals surface area contributed by atoms with Crippen LogP contribution in [0.15, 0.2) is 28.7 Å². The van der Waals surface area contributed by atoms with Crippen molar-refractivity contribution in [3.63, 3.8) is 0 Å². The number of carbonyl (C=O) groups excluding carboxylic acids is 1. The van der Waals surface area contributed by atoms with Crippen molar-refractivity contribution >= 4 is 68.1 Å². The molecule has 0 fully saturated rings. The second-order valence-corrected chi connectivity index (χ2v) is 6.20. The van der Waals surface area contributed by atoms with Crippen LogP contribution < -0.4 is 0 Å². The number of hydrogen-bond acceptors (Lipinski definition) is 1. The van der Waals surface area contributed by atoms with Gasteiger partial charge in [0.05, 0.1) is 35.7 Å². The predicted molar refractivity (Wildman–Crippen MR) is 84.0 cm³/mol. The van der Waals surface area contributed by atoms with Crippen molar-refractivity contribution in [1.29, 1.82) is 0 Å². The Morgan fingerprint density at radius 3 is 2.35 bits per heavy atom. The van der Waals surface area contributed by atoms with E-state index in [1.54, 1.807) is 0 Å². The number of carbonyl (C=O) groups is 1. The van der Waals surface area contributed by atoms with E-state index < -0.39 is 11.6 Å². The topological polar surface area (TPSA) is 17.1 Å². The standard InChI is InChI=1S/C13H4BrCl4FO/c14-6-3-1-2-5(12(6)19)13(20)9-7(15)4-8(16)10(17)11(9)18/h1-4H. The Labute approximate surface area is 142 Å². The lowest BCUT2D eigenvalue weighted by Crippen LogP contribution is -2.07. The van der Waals surface area contributed by atoms with Gasteiger partial charge in [0.2, 0.25) is 0 Å². The van der Waals surface area contributed by atoms with Crippen LogP contribution in [0.25, 0.3) is 0 Å². The molecule has 20 heavy (non-hydrogen) atoms. The zero-order valence-corrected chi connectivity index (χ0v) is 14.1. The normalized spacial score (nSPS) is 10.7. The monoisotopic (exact) mass is 414 g/mol. The zero-order chi connectivity index (χ0) is 15.0. The van der Waals surface area contributed by atoms with Crippen LogP contribution in [0.2, 0.25) is 20.1 Å². The first-order valence-corrected chi connectivity index (χ1v) is 7.46. The van der Waals surface area contributed by atoms with Crippen LogP contribution >= 0.6 is 62.3 Å². The van der Waals surface area contributed by atoms with Gasteiger partial charge in [-0.3, -0.25) is 4.79 Å². The van der Waals surface area contributed by atoms with Crippen molar-refractivity contribution in [2.75, 3.05) is 0 Å². The average Bonchev–Trinajstić information content (AvgIpc) is 2.39. The van der Waals surface area contributed by atoms with Gasteiger partial charge >= 0.3 is 0 Å². The van der Waals surface area contributed by atoms with Crippen LogP contribution in [-0.4, -0.2) is 5.78 Å². The maximum Gasteiger partial charge on any atom is 0.199 e. The summed E-state index contributed by atoms with van der Waals surface area (Å²) in [6.45, 7) is 0. The molecular weight excluding hydrogens is 413 g/mol. The van der Waals surface area contributed by atoms with Crippen LogP contribution in [0.1, 0.15) is 15.9 Å². The molecule has 0 radical (unpaired) electrons. The maximum atomic E-state index is 14.0. The van der Waals surface area contributed by atoms with Crippen molar-refractivity contribution in [3.8, 4) is 0 Å². The molecule has 0 atom stereocenters. The van der Waals surface area contributed by atoms with E-state index in [4.69, 9.17) is 46.4 Å². The summed E-state index contributed by atoms with van der Waals surface area (Å²) in [5.41, 5.74) is -0.249. The molecule has 0 saturated carbocycles. The summed E-state index contributed by atoms with van der Waals surface area (Å²) in [5, 5.41) is 0.0201. The molecule has 0 spiro atoms. The molecule has 0 unspecified atom stereocenters. The molecule has 7 heteroatoms. The van der Waals surface area contributed by atoms with Crippen LogP contribution in [0.4, 0.5) is 4.39 Å². The summed E-state index contributed by atoms with van der Waals surface area (Å²) in [4.78, 5) is 12.4. The minimum absolute atomic E-state index is 0.00325. The Kier molecular flexibility index (Phi) is 4.98. The molecule has 2 rings (SSSR count). The molecule has 1 nitrogen and oxygen atoms in total. The van der Waals surface area contributed by atoms with E-state index in [1.165, 1.54) is 24.3 Å². The molecule has 2 aromatic carbocycles. The van der Waals surface area contributed by atoms with Gasteiger partial charge in [-0.15, -0.1) is 0 Å². The average molecular weight is 417 g/mol. The van der Waals surface area contributed by atoms with Gasteiger partial charge in [-0.1, -0.05) is 52.5 Å². The summed E-state index contributed by atoms with van der Waals surface area (Å²) in [6, 6.07) is 5.63. The lowest BCUT2D eigenvalue weighted by atomic mass is 10.0. The fourth-order valence-electron chi connectivity index (χ4n) is 1.59. The molecule has 0 heterocycles. The lowest BCUT2D eigenvalue weighted by Gasteiger charge is -2.10. The van der Waals surface area contributed by atoms with E-state index in [0.29, 0.717) is 0 Å². The minimum atomic E-state index is -0.698. The second-order valence-electron chi connectivity index (χ2n) is 3.77. The SMILES string of the molecule is O=C(c1cccc(Br)c1F)c1c(Cl)cc(Cl)c(Cl)c1Cl. The number of rotatable bonds is 2. The number of hydrogen-bond donors (Lipinski definition) is 0. The Morgan fingerprint density at radius 2 is 1.70 bits per heavy atom. The summed E-state index contributed by atoms with van der Waals surface area (Å²) in [5.74, 6) is -1.37. The van der Waals surface area contributed by atoms with Gasteiger partial charge in [-0.2, -0.15) is 0 Å².